The zero-order valence-electron chi connectivity index (χ0n) is 11.1. The summed E-state index contributed by atoms with van der Waals surface area (Å²) < 4.78 is 5.64. The van der Waals surface area contributed by atoms with Crippen LogP contribution < -0.4 is 4.74 Å². The van der Waals surface area contributed by atoms with Gasteiger partial charge in [-0.1, -0.05) is 13.0 Å². The molecule has 0 spiro atoms. The minimum absolute atomic E-state index is 0.147. The number of aryl methyl sites for hydroxylation is 2. The van der Waals surface area contributed by atoms with E-state index in [0.29, 0.717) is 19.6 Å². The highest BCUT2D eigenvalue weighted by molar-refractivity contribution is 5.75. The normalized spacial score (nSPS) is 10.1. The summed E-state index contributed by atoms with van der Waals surface area (Å²) in [4.78, 5) is 13.0. The maximum absolute atomic E-state index is 11.3. The van der Waals surface area contributed by atoms with Crippen molar-refractivity contribution in [2.75, 3.05) is 20.2 Å². The highest BCUT2D eigenvalue weighted by atomic mass is 16.5. The van der Waals surface area contributed by atoms with Crippen LogP contribution in [0.25, 0.3) is 0 Å². The Balaban J connectivity index is 2.43. The van der Waals surface area contributed by atoms with Crippen LogP contribution in [0, 0.1) is 13.8 Å². The van der Waals surface area contributed by atoms with E-state index in [9.17, 15) is 4.79 Å². The average Bonchev–Trinajstić information content (AvgIpc) is 2.26. The monoisotopic (exact) mass is 235 g/mol. The molecule has 0 heterocycles. The molecule has 1 amide bonds. The van der Waals surface area contributed by atoms with Gasteiger partial charge in [-0.3, -0.25) is 4.79 Å². The Labute approximate surface area is 103 Å². The Bertz CT molecular complexity index is 368. The van der Waals surface area contributed by atoms with Crippen molar-refractivity contribution in [1.82, 2.24) is 4.90 Å². The second kappa shape index (κ2) is 6.28. The molecule has 1 aromatic carbocycles. The van der Waals surface area contributed by atoms with Crippen LogP contribution in [0.15, 0.2) is 18.2 Å². The first-order valence-electron chi connectivity index (χ1n) is 5.98. The second-order valence-corrected chi connectivity index (χ2v) is 4.34. The van der Waals surface area contributed by atoms with Crippen LogP contribution in [0.2, 0.25) is 0 Å². The first-order valence-corrected chi connectivity index (χ1v) is 5.98. The third-order valence-electron chi connectivity index (χ3n) is 2.62. The van der Waals surface area contributed by atoms with Crippen molar-refractivity contribution < 1.29 is 9.53 Å². The molecule has 0 aliphatic carbocycles. The van der Waals surface area contributed by atoms with E-state index in [0.717, 1.165) is 5.75 Å². The smallest absolute Gasteiger partial charge is 0.222 e. The van der Waals surface area contributed by atoms with E-state index < -0.39 is 0 Å². The van der Waals surface area contributed by atoms with Crippen LogP contribution >= 0.6 is 0 Å². The van der Waals surface area contributed by atoms with Crippen molar-refractivity contribution in [2.24, 2.45) is 0 Å². The number of rotatable bonds is 5. The van der Waals surface area contributed by atoms with Crippen molar-refractivity contribution in [3.05, 3.63) is 29.3 Å². The fraction of sp³-hybridized carbons (Fsp3) is 0.500. The van der Waals surface area contributed by atoms with Crippen molar-refractivity contribution in [1.29, 1.82) is 0 Å². The van der Waals surface area contributed by atoms with Crippen LogP contribution in [0.1, 0.15) is 24.5 Å². The van der Waals surface area contributed by atoms with Crippen LogP contribution in [0.3, 0.4) is 0 Å². The van der Waals surface area contributed by atoms with Gasteiger partial charge < -0.3 is 9.64 Å². The quantitative estimate of drug-likeness (QED) is 0.785. The van der Waals surface area contributed by atoms with E-state index in [1.807, 2.05) is 32.9 Å². The Morgan fingerprint density at radius 1 is 1.24 bits per heavy atom. The molecule has 0 unspecified atom stereocenters. The largest absolute Gasteiger partial charge is 0.492 e. The summed E-state index contributed by atoms with van der Waals surface area (Å²) >= 11 is 0. The summed E-state index contributed by atoms with van der Waals surface area (Å²) in [5.74, 6) is 1.02. The zero-order valence-corrected chi connectivity index (χ0v) is 11.1. The number of nitrogens with zero attached hydrogens (tertiary/aromatic N) is 1. The third-order valence-corrected chi connectivity index (χ3v) is 2.62. The van der Waals surface area contributed by atoms with Gasteiger partial charge in [0.1, 0.15) is 12.4 Å². The molecule has 0 fully saturated rings. The third kappa shape index (κ3) is 4.47. The molecule has 1 rings (SSSR count). The van der Waals surface area contributed by atoms with Crippen LogP contribution in [-0.4, -0.2) is 31.0 Å². The molecule has 0 saturated heterocycles. The highest BCUT2D eigenvalue weighted by Crippen LogP contribution is 2.15. The molecule has 94 valence electrons. The number of likely N-dealkylation sites (N-methyl/N-ethyl adjacent to an activating group) is 1. The van der Waals surface area contributed by atoms with E-state index >= 15 is 0 Å². The number of carbonyl (C=O) groups is 1. The Morgan fingerprint density at radius 2 is 1.82 bits per heavy atom. The predicted octanol–water partition coefficient (Wildman–Crippen LogP) is 2.55. The lowest BCUT2D eigenvalue weighted by atomic mass is 10.1. The van der Waals surface area contributed by atoms with Crippen LogP contribution in [-0.2, 0) is 4.79 Å². The lowest BCUT2D eigenvalue weighted by Crippen LogP contribution is -2.30. The molecule has 3 heteroatoms. The number of benzene rings is 1. The van der Waals surface area contributed by atoms with Crippen molar-refractivity contribution >= 4 is 5.91 Å². The Morgan fingerprint density at radius 3 is 2.35 bits per heavy atom. The van der Waals surface area contributed by atoms with Gasteiger partial charge in [-0.15, -0.1) is 0 Å². The van der Waals surface area contributed by atoms with E-state index in [-0.39, 0.29) is 5.91 Å². The number of carbonyl (C=O) groups excluding carboxylic acids is 1. The molecule has 1 aromatic rings. The molecule has 0 N–H and O–H groups in total. The number of ether oxygens (including phenoxy) is 1. The minimum atomic E-state index is 0.147. The molecule has 0 atom stereocenters. The minimum Gasteiger partial charge on any atom is -0.492 e. The summed E-state index contributed by atoms with van der Waals surface area (Å²) in [6, 6.07) is 6.13. The standard InChI is InChI=1S/C14H21NO2/c1-5-14(16)15(4)6-7-17-13-9-11(2)8-12(3)10-13/h8-10H,5-7H2,1-4H3. The maximum atomic E-state index is 11.3. The molecule has 0 aliphatic rings. The summed E-state index contributed by atoms with van der Waals surface area (Å²) in [6.45, 7) is 7.12. The van der Waals surface area contributed by atoms with Gasteiger partial charge >= 0.3 is 0 Å². The SMILES string of the molecule is CCC(=O)N(C)CCOc1cc(C)cc(C)c1. The molecule has 17 heavy (non-hydrogen) atoms. The number of amides is 1. The molecule has 3 nitrogen and oxygen atoms in total. The lowest BCUT2D eigenvalue weighted by Gasteiger charge is -2.16. The Kier molecular flexibility index (Phi) is 5.01. The van der Waals surface area contributed by atoms with Gasteiger partial charge in [0.05, 0.1) is 6.54 Å². The van der Waals surface area contributed by atoms with Crippen molar-refractivity contribution in [2.45, 2.75) is 27.2 Å². The molecule has 0 aromatic heterocycles. The fourth-order valence-corrected chi connectivity index (χ4v) is 1.71. The van der Waals surface area contributed by atoms with Gasteiger partial charge in [-0.25, -0.2) is 0 Å². The van der Waals surface area contributed by atoms with Crippen molar-refractivity contribution in [3.8, 4) is 5.75 Å². The zero-order chi connectivity index (χ0) is 12.8. The molecular weight excluding hydrogens is 214 g/mol. The van der Waals surface area contributed by atoms with Gasteiger partial charge in [0.15, 0.2) is 0 Å². The van der Waals surface area contributed by atoms with Crippen molar-refractivity contribution in [3.63, 3.8) is 0 Å². The van der Waals surface area contributed by atoms with Crippen LogP contribution in [0.4, 0.5) is 0 Å². The van der Waals surface area contributed by atoms with Gasteiger partial charge in [0, 0.05) is 13.5 Å². The topological polar surface area (TPSA) is 29.5 Å². The van der Waals surface area contributed by atoms with E-state index in [4.69, 9.17) is 4.74 Å². The first-order chi connectivity index (χ1) is 8.02. The summed E-state index contributed by atoms with van der Waals surface area (Å²) in [5.41, 5.74) is 2.39. The Hall–Kier alpha value is -1.51. The highest BCUT2D eigenvalue weighted by Gasteiger charge is 2.05. The average molecular weight is 235 g/mol. The molecule has 0 bridgehead atoms. The van der Waals surface area contributed by atoms with Gasteiger partial charge in [-0.05, 0) is 37.1 Å². The van der Waals surface area contributed by atoms with Gasteiger partial charge in [0.2, 0.25) is 5.91 Å². The summed E-state index contributed by atoms with van der Waals surface area (Å²) in [5, 5.41) is 0. The molecule has 0 aliphatic heterocycles. The van der Waals surface area contributed by atoms with Gasteiger partial charge in [0.25, 0.3) is 0 Å². The maximum Gasteiger partial charge on any atom is 0.222 e. The number of hydrogen-bond donors (Lipinski definition) is 0. The summed E-state index contributed by atoms with van der Waals surface area (Å²) in [6.07, 6.45) is 0.542. The lowest BCUT2D eigenvalue weighted by molar-refractivity contribution is -0.129. The summed E-state index contributed by atoms with van der Waals surface area (Å²) in [7, 11) is 1.80. The van der Waals surface area contributed by atoms with E-state index in [1.165, 1.54) is 11.1 Å². The van der Waals surface area contributed by atoms with Crippen LogP contribution in [0.5, 0.6) is 5.75 Å². The van der Waals surface area contributed by atoms with E-state index in [1.54, 1.807) is 11.9 Å². The van der Waals surface area contributed by atoms with Gasteiger partial charge in [-0.2, -0.15) is 0 Å². The molecular formula is C14H21NO2. The molecule has 0 saturated carbocycles. The van der Waals surface area contributed by atoms with E-state index in [2.05, 4.69) is 6.07 Å². The first kappa shape index (κ1) is 13.6. The predicted molar refractivity (Wildman–Crippen MR) is 69.3 cm³/mol. The number of hydrogen-bond acceptors (Lipinski definition) is 2. The molecule has 0 radical (unpaired) electrons. The second-order valence-electron chi connectivity index (χ2n) is 4.34. The fourth-order valence-electron chi connectivity index (χ4n) is 1.71.